The summed E-state index contributed by atoms with van der Waals surface area (Å²) < 4.78 is 12.2. The van der Waals surface area contributed by atoms with Gasteiger partial charge in [-0.2, -0.15) is 9.47 Å². The van der Waals surface area contributed by atoms with Crippen LogP contribution in [0.4, 0.5) is 0 Å². The van der Waals surface area contributed by atoms with Crippen LogP contribution in [0.15, 0.2) is 16.5 Å². The monoisotopic (exact) mass is 268 g/mol. The van der Waals surface area contributed by atoms with Crippen LogP contribution in [0.5, 0.6) is 5.88 Å². The van der Waals surface area contributed by atoms with Gasteiger partial charge in [-0.3, -0.25) is 4.57 Å². The average Bonchev–Trinajstić information content (AvgIpc) is 2.86. The number of nitrogens with zero attached hydrogens (tertiary/aromatic N) is 4. The molecule has 0 bridgehead atoms. The van der Waals surface area contributed by atoms with Crippen molar-refractivity contribution in [2.45, 2.75) is 32.9 Å². The van der Waals surface area contributed by atoms with Crippen molar-refractivity contribution < 1.29 is 4.74 Å². The summed E-state index contributed by atoms with van der Waals surface area (Å²) in [6.07, 6.45) is 1.55. The molecule has 2 aromatic heterocycles. The molecular formula is C11H16N4O2S. The molecule has 18 heavy (non-hydrogen) atoms. The fourth-order valence-electron chi connectivity index (χ4n) is 1.61. The van der Waals surface area contributed by atoms with Crippen LogP contribution in [0.1, 0.15) is 26.3 Å². The van der Waals surface area contributed by atoms with E-state index >= 15 is 0 Å². The standard InChI is InChI=1S/C11H16N4O2S/c1-11(2,3)15-10(16)14(7-12-15)5-8-6-18-13-9(8)17-4/h6-7H,5H2,1-4H3. The maximum atomic E-state index is 12.1. The van der Waals surface area contributed by atoms with Gasteiger partial charge in [0, 0.05) is 10.9 Å². The minimum absolute atomic E-state index is 0.129. The maximum Gasteiger partial charge on any atom is 0.346 e. The predicted molar refractivity (Wildman–Crippen MR) is 69.3 cm³/mol. The number of hydrogen-bond acceptors (Lipinski definition) is 5. The molecule has 7 heteroatoms. The fourth-order valence-corrected chi connectivity index (χ4v) is 2.25. The van der Waals surface area contributed by atoms with E-state index < -0.39 is 0 Å². The molecule has 6 nitrogen and oxygen atoms in total. The van der Waals surface area contributed by atoms with Crippen LogP contribution in [-0.2, 0) is 12.1 Å². The van der Waals surface area contributed by atoms with E-state index in [1.165, 1.54) is 16.2 Å². The second kappa shape index (κ2) is 4.56. The van der Waals surface area contributed by atoms with Gasteiger partial charge < -0.3 is 4.74 Å². The lowest BCUT2D eigenvalue weighted by atomic mass is 10.1. The molecule has 2 aromatic rings. The van der Waals surface area contributed by atoms with Crippen LogP contribution in [0.3, 0.4) is 0 Å². The quantitative estimate of drug-likeness (QED) is 0.842. The SMILES string of the molecule is COc1nscc1Cn1cnn(C(C)(C)C)c1=O. The molecule has 0 aliphatic heterocycles. The van der Waals surface area contributed by atoms with Crippen molar-refractivity contribution in [3.63, 3.8) is 0 Å². The van der Waals surface area contributed by atoms with Crippen LogP contribution in [0.25, 0.3) is 0 Å². The van der Waals surface area contributed by atoms with E-state index in [2.05, 4.69) is 9.47 Å². The summed E-state index contributed by atoms with van der Waals surface area (Å²) in [5, 5.41) is 6.01. The summed E-state index contributed by atoms with van der Waals surface area (Å²) in [5.74, 6) is 0.565. The highest BCUT2D eigenvalue weighted by atomic mass is 32.1. The molecule has 0 saturated carbocycles. The van der Waals surface area contributed by atoms with E-state index in [-0.39, 0.29) is 11.2 Å². The van der Waals surface area contributed by atoms with Crippen molar-refractivity contribution in [3.05, 3.63) is 27.8 Å². The Hall–Kier alpha value is -1.63. The van der Waals surface area contributed by atoms with Crippen LogP contribution >= 0.6 is 11.5 Å². The Morgan fingerprint density at radius 1 is 1.44 bits per heavy atom. The first-order valence-electron chi connectivity index (χ1n) is 5.55. The molecule has 0 aromatic carbocycles. The average molecular weight is 268 g/mol. The van der Waals surface area contributed by atoms with Crippen molar-refractivity contribution in [1.29, 1.82) is 0 Å². The van der Waals surface area contributed by atoms with Crippen LogP contribution in [0.2, 0.25) is 0 Å². The largest absolute Gasteiger partial charge is 0.480 e. The molecule has 0 radical (unpaired) electrons. The van der Waals surface area contributed by atoms with Crippen LogP contribution in [-0.4, -0.2) is 25.8 Å². The van der Waals surface area contributed by atoms with Crippen molar-refractivity contribution in [2.75, 3.05) is 7.11 Å². The van der Waals surface area contributed by atoms with E-state index in [4.69, 9.17) is 4.74 Å². The predicted octanol–water partition coefficient (Wildman–Crippen LogP) is 1.31. The Balaban J connectivity index is 2.32. The molecule has 98 valence electrons. The van der Waals surface area contributed by atoms with Crippen LogP contribution < -0.4 is 10.4 Å². The van der Waals surface area contributed by atoms with Gasteiger partial charge in [0.2, 0.25) is 5.88 Å². The van der Waals surface area contributed by atoms with Gasteiger partial charge in [-0.25, -0.2) is 9.48 Å². The molecular weight excluding hydrogens is 252 g/mol. The lowest BCUT2D eigenvalue weighted by Crippen LogP contribution is -2.35. The Labute approximate surface area is 109 Å². The first-order valence-corrected chi connectivity index (χ1v) is 6.39. The molecule has 2 rings (SSSR count). The number of rotatable bonds is 3. The van der Waals surface area contributed by atoms with Gasteiger partial charge in [-0.05, 0) is 32.3 Å². The molecule has 0 atom stereocenters. The van der Waals surface area contributed by atoms with Crippen molar-refractivity contribution >= 4 is 11.5 Å². The highest BCUT2D eigenvalue weighted by molar-refractivity contribution is 7.03. The van der Waals surface area contributed by atoms with E-state index in [9.17, 15) is 4.79 Å². The second-order valence-electron chi connectivity index (χ2n) is 4.97. The zero-order chi connectivity index (χ0) is 13.3. The van der Waals surface area contributed by atoms with Crippen molar-refractivity contribution in [1.82, 2.24) is 18.7 Å². The number of aromatic nitrogens is 4. The van der Waals surface area contributed by atoms with E-state index in [1.54, 1.807) is 18.0 Å². The smallest absolute Gasteiger partial charge is 0.346 e. The Morgan fingerprint density at radius 2 is 2.17 bits per heavy atom. The summed E-state index contributed by atoms with van der Waals surface area (Å²) in [6, 6.07) is 0. The molecule has 0 saturated heterocycles. The third-order valence-corrected chi connectivity index (χ3v) is 3.17. The van der Waals surface area contributed by atoms with Crippen molar-refractivity contribution in [3.8, 4) is 5.88 Å². The number of hydrogen-bond donors (Lipinski definition) is 0. The normalized spacial score (nSPS) is 11.8. The van der Waals surface area contributed by atoms with Gasteiger partial charge in [0.1, 0.15) is 6.33 Å². The minimum atomic E-state index is -0.320. The molecule has 0 aliphatic rings. The zero-order valence-corrected chi connectivity index (χ0v) is 11.7. The van der Waals surface area contributed by atoms with Gasteiger partial charge in [0.15, 0.2) is 0 Å². The minimum Gasteiger partial charge on any atom is -0.480 e. The second-order valence-corrected chi connectivity index (χ2v) is 5.60. The molecule has 0 N–H and O–H groups in total. The number of methoxy groups -OCH3 is 1. The highest BCUT2D eigenvalue weighted by Gasteiger charge is 2.19. The van der Waals surface area contributed by atoms with Gasteiger partial charge in [-0.15, -0.1) is 0 Å². The fraction of sp³-hybridized carbons (Fsp3) is 0.545. The Kier molecular flexibility index (Phi) is 3.25. The Bertz CT molecular complexity index is 591. The summed E-state index contributed by atoms with van der Waals surface area (Å²) in [7, 11) is 1.57. The first kappa shape index (κ1) is 12.8. The third-order valence-electron chi connectivity index (χ3n) is 2.51. The van der Waals surface area contributed by atoms with E-state index in [1.807, 2.05) is 26.2 Å². The molecule has 2 heterocycles. The summed E-state index contributed by atoms with van der Waals surface area (Å²) >= 11 is 1.31. The van der Waals surface area contributed by atoms with Crippen molar-refractivity contribution in [2.24, 2.45) is 0 Å². The zero-order valence-electron chi connectivity index (χ0n) is 10.9. The molecule has 0 unspecified atom stereocenters. The molecule has 0 fully saturated rings. The van der Waals surface area contributed by atoms with E-state index in [0.717, 1.165) is 5.56 Å². The summed E-state index contributed by atoms with van der Waals surface area (Å²) in [4.78, 5) is 12.1. The molecule has 0 aliphatic carbocycles. The molecule has 0 spiro atoms. The van der Waals surface area contributed by atoms with Gasteiger partial charge in [0.25, 0.3) is 0 Å². The Morgan fingerprint density at radius 3 is 2.72 bits per heavy atom. The highest BCUT2D eigenvalue weighted by Crippen LogP contribution is 2.19. The summed E-state index contributed by atoms with van der Waals surface area (Å²) in [5.41, 5.74) is 0.438. The first-order chi connectivity index (χ1) is 8.43. The van der Waals surface area contributed by atoms with Crippen LogP contribution in [0, 0.1) is 0 Å². The summed E-state index contributed by atoms with van der Waals surface area (Å²) in [6.45, 7) is 6.25. The lowest BCUT2D eigenvalue weighted by Gasteiger charge is -2.16. The van der Waals surface area contributed by atoms with Gasteiger partial charge in [0.05, 0.1) is 19.2 Å². The lowest BCUT2D eigenvalue weighted by molar-refractivity contribution is 0.340. The third kappa shape index (κ3) is 2.31. The van der Waals surface area contributed by atoms with Gasteiger partial charge in [-0.1, -0.05) is 0 Å². The maximum absolute atomic E-state index is 12.1. The molecule has 0 amide bonds. The number of ether oxygens (including phenoxy) is 1. The van der Waals surface area contributed by atoms with Gasteiger partial charge >= 0.3 is 5.69 Å². The topological polar surface area (TPSA) is 61.9 Å². The van der Waals surface area contributed by atoms with E-state index in [0.29, 0.717) is 12.4 Å².